The Morgan fingerprint density at radius 2 is 1.81 bits per heavy atom. The second-order valence-electron chi connectivity index (χ2n) is 7.94. The number of likely N-dealkylation sites (N-methyl/N-ethyl adjacent to an activating group) is 1. The summed E-state index contributed by atoms with van der Waals surface area (Å²) in [6.45, 7) is 2.27. The van der Waals surface area contributed by atoms with Crippen LogP contribution in [0.15, 0.2) is 47.3 Å². The van der Waals surface area contributed by atoms with Gasteiger partial charge in [-0.05, 0) is 49.8 Å². The second kappa shape index (κ2) is 10.7. The number of carbonyl (C=O) groups is 2. The number of hydrogen-bond donors (Lipinski definition) is 0. The Bertz CT molecular complexity index is 936. The Balaban J connectivity index is 1.51. The Hall–Kier alpha value is -3.16. The molecule has 0 saturated heterocycles. The van der Waals surface area contributed by atoms with Crippen molar-refractivity contribution in [3.8, 4) is 5.75 Å². The molecule has 1 aromatic carbocycles. The van der Waals surface area contributed by atoms with Gasteiger partial charge in [0.1, 0.15) is 12.4 Å². The lowest BCUT2D eigenvalue weighted by Crippen LogP contribution is -2.41. The molecule has 0 atom stereocenters. The number of carbonyl (C=O) groups excluding carboxylic acids is 2. The molecule has 1 amide bonds. The zero-order chi connectivity index (χ0) is 22.2. The number of aromatic nitrogens is 2. The highest BCUT2D eigenvalue weighted by molar-refractivity contribution is 5.89. The van der Waals surface area contributed by atoms with Crippen molar-refractivity contribution in [3.05, 3.63) is 58.5 Å². The molecule has 8 heteroatoms. The van der Waals surface area contributed by atoms with Gasteiger partial charge in [0, 0.05) is 19.2 Å². The quantitative estimate of drug-likeness (QED) is 0.602. The van der Waals surface area contributed by atoms with E-state index < -0.39 is 5.97 Å². The number of rotatable bonds is 8. The summed E-state index contributed by atoms with van der Waals surface area (Å²) in [4.78, 5) is 38.5. The average molecular weight is 428 g/mol. The van der Waals surface area contributed by atoms with E-state index in [9.17, 15) is 14.4 Å². The van der Waals surface area contributed by atoms with E-state index in [0.29, 0.717) is 11.7 Å². The van der Waals surface area contributed by atoms with E-state index in [1.165, 1.54) is 12.1 Å². The molecular formula is C23H29N3O5. The zero-order valence-corrected chi connectivity index (χ0v) is 18.0. The van der Waals surface area contributed by atoms with Gasteiger partial charge < -0.3 is 14.4 Å². The predicted molar refractivity (Wildman–Crippen MR) is 115 cm³/mol. The average Bonchev–Trinajstić information content (AvgIpc) is 2.79. The van der Waals surface area contributed by atoms with Crippen LogP contribution in [0.25, 0.3) is 0 Å². The van der Waals surface area contributed by atoms with Crippen molar-refractivity contribution < 1.29 is 19.1 Å². The highest BCUT2D eigenvalue weighted by atomic mass is 16.5. The van der Waals surface area contributed by atoms with Crippen molar-refractivity contribution in [2.45, 2.75) is 45.2 Å². The number of hydrogen-bond acceptors (Lipinski definition) is 6. The van der Waals surface area contributed by atoms with Crippen LogP contribution in [-0.4, -0.2) is 52.9 Å². The SMILES string of the molecule is CC1CCC(N(C)C(=O)COC(=O)c2ccc(=O)n(CCOc3ccccc3)n2)CC1. The monoisotopic (exact) mass is 427 g/mol. The van der Waals surface area contributed by atoms with E-state index in [4.69, 9.17) is 9.47 Å². The number of amides is 1. The van der Waals surface area contributed by atoms with Crippen molar-refractivity contribution >= 4 is 11.9 Å². The van der Waals surface area contributed by atoms with Crippen LogP contribution in [-0.2, 0) is 16.1 Å². The fourth-order valence-corrected chi connectivity index (χ4v) is 3.62. The minimum Gasteiger partial charge on any atom is -0.492 e. The molecule has 1 aliphatic carbocycles. The maximum Gasteiger partial charge on any atom is 0.359 e. The first-order chi connectivity index (χ1) is 14.9. The van der Waals surface area contributed by atoms with Gasteiger partial charge in [-0.3, -0.25) is 9.59 Å². The van der Waals surface area contributed by atoms with E-state index in [0.717, 1.165) is 30.4 Å². The van der Waals surface area contributed by atoms with Crippen LogP contribution in [0.3, 0.4) is 0 Å². The van der Waals surface area contributed by atoms with Crippen LogP contribution in [0.5, 0.6) is 5.75 Å². The summed E-state index contributed by atoms with van der Waals surface area (Å²) in [5.41, 5.74) is -0.378. The van der Waals surface area contributed by atoms with Gasteiger partial charge in [0.2, 0.25) is 0 Å². The van der Waals surface area contributed by atoms with Gasteiger partial charge in [0.15, 0.2) is 12.3 Å². The van der Waals surface area contributed by atoms with Crippen LogP contribution >= 0.6 is 0 Å². The summed E-state index contributed by atoms with van der Waals surface area (Å²) in [5, 5.41) is 4.05. The van der Waals surface area contributed by atoms with E-state index in [2.05, 4.69) is 12.0 Å². The first-order valence-corrected chi connectivity index (χ1v) is 10.6. The fourth-order valence-electron chi connectivity index (χ4n) is 3.62. The number of ether oxygens (including phenoxy) is 2. The van der Waals surface area contributed by atoms with E-state index in [1.54, 1.807) is 11.9 Å². The van der Waals surface area contributed by atoms with Crippen molar-refractivity contribution in [1.82, 2.24) is 14.7 Å². The molecule has 0 unspecified atom stereocenters. The molecule has 8 nitrogen and oxygen atoms in total. The number of para-hydroxylation sites is 1. The summed E-state index contributed by atoms with van der Waals surface area (Å²) >= 11 is 0. The van der Waals surface area contributed by atoms with Crippen molar-refractivity contribution in [3.63, 3.8) is 0 Å². The number of benzene rings is 1. The minimum absolute atomic E-state index is 0.0266. The molecule has 0 radical (unpaired) electrons. The van der Waals surface area contributed by atoms with Gasteiger partial charge >= 0.3 is 5.97 Å². The van der Waals surface area contributed by atoms with E-state index in [1.807, 2.05) is 30.3 Å². The molecule has 2 aromatic rings. The molecule has 1 heterocycles. The molecule has 0 aliphatic heterocycles. The third kappa shape index (κ3) is 6.41. The third-order valence-electron chi connectivity index (χ3n) is 5.64. The molecule has 31 heavy (non-hydrogen) atoms. The Kier molecular flexibility index (Phi) is 7.81. The van der Waals surface area contributed by atoms with Crippen LogP contribution < -0.4 is 10.3 Å². The summed E-state index contributed by atoms with van der Waals surface area (Å²) < 4.78 is 11.9. The molecule has 1 saturated carbocycles. The standard InChI is InChI=1S/C23H29N3O5/c1-17-8-10-18(11-9-17)25(2)22(28)16-31-23(29)20-12-13-21(27)26(24-20)14-15-30-19-6-4-3-5-7-19/h3-7,12-13,17-18H,8-11,14-16H2,1-2H3. The van der Waals surface area contributed by atoms with Crippen molar-refractivity contribution in [2.24, 2.45) is 5.92 Å². The lowest BCUT2D eigenvalue weighted by molar-refractivity contribution is -0.136. The van der Waals surface area contributed by atoms with Gasteiger partial charge in [0.05, 0.1) is 6.54 Å². The first-order valence-electron chi connectivity index (χ1n) is 10.6. The molecule has 166 valence electrons. The smallest absolute Gasteiger partial charge is 0.359 e. The maximum absolute atomic E-state index is 12.4. The van der Waals surface area contributed by atoms with Crippen molar-refractivity contribution in [1.29, 1.82) is 0 Å². The minimum atomic E-state index is -0.739. The molecule has 1 aromatic heterocycles. The fraction of sp³-hybridized carbons (Fsp3) is 0.478. The highest BCUT2D eigenvalue weighted by Gasteiger charge is 2.25. The maximum atomic E-state index is 12.4. The lowest BCUT2D eigenvalue weighted by Gasteiger charge is -2.33. The normalized spacial score (nSPS) is 18.3. The number of nitrogens with zero attached hydrogens (tertiary/aromatic N) is 3. The van der Waals surface area contributed by atoms with Crippen LogP contribution in [0.4, 0.5) is 0 Å². The topological polar surface area (TPSA) is 90.7 Å². The Labute approximate surface area is 181 Å². The number of esters is 1. The molecule has 0 N–H and O–H groups in total. The third-order valence-corrected chi connectivity index (χ3v) is 5.64. The second-order valence-corrected chi connectivity index (χ2v) is 7.94. The Morgan fingerprint density at radius 1 is 1.10 bits per heavy atom. The van der Waals surface area contributed by atoms with Crippen LogP contribution in [0.1, 0.15) is 43.1 Å². The molecule has 0 spiro atoms. The molecule has 0 bridgehead atoms. The van der Waals surface area contributed by atoms with E-state index in [-0.39, 0.29) is 43.0 Å². The highest BCUT2D eigenvalue weighted by Crippen LogP contribution is 2.26. The van der Waals surface area contributed by atoms with Gasteiger partial charge in [-0.25, -0.2) is 9.48 Å². The Morgan fingerprint density at radius 3 is 2.52 bits per heavy atom. The first kappa shape index (κ1) is 22.5. The molecule has 1 fully saturated rings. The predicted octanol–water partition coefficient (Wildman–Crippen LogP) is 2.52. The summed E-state index contributed by atoms with van der Waals surface area (Å²) in [6, 6.07) is 11.9. The van der Waals surface area contributed by atoms with E-state index >= 15 is 0 Å². The van der Waals surface area contributed by atoms with Gasteiger partial charge in [0.25, 0.3) is 11.5 Å². The van der Waals surface area contributed by atoms with Gasteiger partial charge in [-0.15, -0.1) is 0 Å². The zero-order valence-electron chi connectivity index (χ0n) is 18.0. The summed E-state index contributed by atoms with van der Waals surface area (Å²) in [5.74, 6) is 0.396. The van der Waals surface area contributed by atoms with Crippen molar-refractivity contribution in [2.75, 3.05) is 20.3 Å². The summed E-state index contributed by atoms with van der Waals surface area (Å²) in [6.07, 6.45) is 4.13. The summed E-state index contributed by atoms with van der Waals surface area (Å²) in [7, 11) is 1.75. The molecular weight excluding hydrogens is 398 g/mol. The van der Waals surface area contributed by atoms with Gasteiger partial charge in [-0.1, -0.05) is 25.1 Å². The van der Waals surface area contributed by atoms with Crippen LogP contribution in [0, 0.1) is 5.92 Å². The molecule has 3 rings (SSSR count). The molecule has 1 aliphatic rings. The largest absolute Gasteiger partial charge is 0.492 e. The lowest BCUT2D eigenvalue weighted by atomic mass is 9.87. The van der Waals surface area contributed by atoms with Crippen LogP contribution in [0.2, 0.25) is 0 Å². The van der Waals surface area contributed by atoms with Gasteiger partial charge in [-0.2, -0.15) is 5.10 Å².